The van der Waals surface area contributed by atoms with Gasteiger partial charge in [0.05, 0.1) is 26.2 Å². The van der Waals surface area contributed by atoms with Crippen molar-refractivity contribution in [1.29, 1.82) is 0 Å². The number of carbonyl (C=O) groups is 1. The quantitative estimate of drug-likeness (QED) is 0.110. The number of nitro groups is 1. The molecule has 1 amide bonds. The van der Waals surface area contributed by atoms with Crippen molar-refractivity contribution in [1.82, 2.24) is 0 Å². The molecule has 0 aromatic heterocycles. The Labute approximate surface area is 240 Å². The van der Waals surface area contributed by atoms with Gasteiger partial charge in [-0.3, -0.25) is 14.9 Å². The molecule has 1 N–H and O–H groups in total. The first-order valence-electron chi connectivity index (χ1n) is 10.3. The number of thioether (sulfide) groups is 2. The molecule has 240 valence electrons. The summed E-state index contributed by atoms with van der Waals surface area (Å²) in [6.45, 7) is 0. The minimum atomic E-state index is -6.85. The number of anilines is 1. The zero-order valence-corrected chi connectivity index (χ0v) is 22.3. The van der Waals surface area contributed by atoms with Gasteiger partial charge in [-0.1, -0.05) is 12.1 Å². The smallest absolute Gasteiger partial charge is 0.324 e. The van der Waals surface area contributed by atoms with Gasteiger partial charge in [-0.05, 0) is 36.0 Å². The highest BCUT2D eigenvalue weighted by Gasteiger charge is 2.76. The Morgan fingerprint density at radius 2 is 1.35 bits per heavy atom. The summed E-state index contributed by atoms with van der Waals surface area (Å²) in [5.41, 5.74) is -2.00. The largest absolute Gasteiger partial charge is 0.461 e. The Morgan fingerprint density at radius 3 is 1.86 bits per heavy atom. The van der Waals surface area contributed by atoms with Gasteiger partial charge in [0.2, 0.25) is 5.91 Å². The van der Waals surface area contributed by atoms with Crippen molar-refractivity contribution in [2.24, 2.45) is 0 Å². The van der Waals surface area contributed by atoms with Crippen molar-refractivity contribution in [3.63, 3.8) is 0 Å². The van der Waals surface area contributed by atoms with E-state index in [1.807, 2.05) is 5.32 Å². The summed E-state index contributed by atoms with van der Waals surface area (Å²) in [5.74, 6) is -15.5. The maximum atomic E-state index is 13.8. The minimum Gasteiger partial charge on any atom is -0.324 e. The second-order valence-electron chi connectivity index (χ2n) is 7.77. The van der Waals surface area contributed by atoms with Gasteiger partial charge in [-0.25, -0.2) is 4.21 Å². The third-order valence-corrected chi connectivity index (χ3v) is 8.33. The molecule has 0 aliphatic rings. The number of alkyl halides is 14. The van der Waals surface area contributed by atoms with Crippen LogP contribution in [-0.2, 0) is 15.6 Å². The summed E-state index contributed by atoms with van der Waals surface area (Å²) in [7, 11) is -4.49. The van der Waals surface area contributed by atoms with Gasteiger partial charge in [0, 0.05) is 11.0 Å². The Kier molecular flexibility index (Phi) is 10.4. The molecule has 2 aromatic carbocycles. The molecule has 0 aliphatic heterocycles. The van der Waals surface area contributed by atoms with Crippen LogP contribution in [0.1, 0.15) is 0 Å². The first-order chi connectivity index (χ1) is 19.3. The van der Waals surface area contributed by atoms with E-state index in [1.165, 1.54) is 0 Å². The van der Waals surface area contributed by atoms with Gasteiger partial charge < -0.3 is 5.32 Å². The van der Waals surface area contributed by atoms with E-state index in [1.54, 1.807) is 0 Å². The Bertz CT molecular complexity index is 1400. The Hall–Kier alpha value is -2.82. The molecular weight excluding hydrogens is 694 g/mol. The molecule has 0 radical (unpaired) electrons. The third kappa shape index (κ3) is 7.46. The van der Waals surface area contributed by atoms with Crippen molar-refractivity contribution in [2.45, 2.75) is 49.4 Å². The molecule has 0 spiro atoms. The third-order valence-electron chi connectivity index (χ3n) is 4.78. The van der Waals surface area contributed by atoms with Gasteiger partial charge in [-0.15, -0.1) is 11.8 Å². The predicted octanol–water partition coefficient (Wildman–Crippen LogP) is 8.11. The molecule has 1 atom stereocenters. The van der Waals surface area contributed by atoms with E-state index in [0.29, 0.717) is 12.1 Å². The Balaban J connectivity index is 2.26. The maximum Gasteiger partial charge on any atom is 0.461 e. The number of benzene rings is 2. The maximum absolute atomic E-state index is 13.8. The highest BCUT2D eigenvalue weighted by molar-refractivity contribution is 8.00. The molecule has 0 bridgehead atoms. The van der Waals surface area contributed by atoms with E-state index in [9.17, 15) is 80.6 Å². The highest BCUT2D eigenvalue weighted by atomic mass is 32.2. The number of nitro benzene ring substituents is 1. The summed E-state index contributed by atoms with van der Waals surface area (Å²) in [5, 5.41) is 1.17. The van der Waals surface area contributed by atoms with Crippen LogP contribution in [0.4, 0.5) is 72.8 Å². The second-order valence-corrected chi connectivity index (χ2v) is 11.5. The topological polar surface area (TPSA) is 89.3 Å². The number of para-hydroxylation sites is 1. The normalized spacial score (nSPS) is 14.4. The van der Waals surface area contributed by atoms with E-state index in [-0.39, 0.29) is 23.9 Å². The lowest BCUT2D eigenvalue weighted by Crippen LogP contribution is -2.54. The van der Waals surface area contributed by atoms with E-state index >= 15 is 0 Å². The van der Waals surface area contributed by atoms with Gasteiger partial charge in [-0.2, -0.15) is 61.5 Å². The van der Waals surface area contributed by atoms with Crippen LogP contribution in [0.15, 0.2) is 57.2 Å². The standard InChI is InChI=1S/C20H10F14N2O4S3/c21-15(22,17(25,26)27)19(31,32)42-12-4-2-1-3-10(12)35-14(37)8-41-13-6-5-9(7-11(13)36(38)39)43(40)20(33,34)16(23,24)18(28,29)30/h1-7H,8H2,(H,35,37). The molecule has 0 fully saturated rings. The summed E-state index contributed by atoms with van der Waals surface area (Å²) in [6.07, 6.45) is -13.5. The SMILES string of the molecule is O=C(CSc1ccc(S(=O)C(F)(F)C(F)(F)C(F)(F)F)cc1[N+](=O)[O-])Nc1ccccc1SC(F)(F)C(F)(F)C(F)(F)F. The molecule has 23 heteroatoms. The molecule has 0 saturated carbocycles. The Morgan fingerprint density at radius 1 is 0.814 bits per heavy atom. The number of nitrogens with zero attached hydrogens (tertiary/aromatic N) is 1. The first kappa shape index (κ1) is 36.4. The van der Waals surface area contributed by atoms with Gasteiger partial charge in [0.25, 0.3) is 5.69 Å². The molecule has 0 aliphatic carbocycles. The van der Waals surface area contributed by atoms with Crippen LogP contribution in [0.5, 0.6) is 0 Å². The van der Waals surface area contributed by atoms with Crippen LogP contribution < -0.4 is 5.32 Å². The minimum absolute atomic E-state index is 0.0223. The van der Waals surface area contributed by atoms with Crippen LogP contribution in [-0.4, -0.2) is 55.5 Å². The fourth-order valence-electron chi connectivity index (χ4n) is 2.66. The summed E-state index contributed by atoms with van der Waals surface area (Å²) in [4.78, 5) is 19.1. The predicted molar refractivity (Wildman–Crippen MR) is 123 cm³/mol. The monoisotopic (exact) mass is 704 g/mol. The van der Waals surface area contributed by atoms with Crippen LogP contribution in [0, 0.1) is 10.1 Å². The van der Waals surface area contributed by atoms with Crippen LogP contribution >= 0.6 is 23.5 Å². The first-order valence-corrected chi connectivity index (χ1v) is 13.3. The van der Waals surface area contributed by atoms with Gasteiger partial charge >= 0.3 is 34.7 Å². The van der Waals surface area contributed by atoms with Crippen molar-refractivity contribution < 1.29 is 75.4 Å². The van der Waals surface area contributed by atoms with Gasteiger partial charge in [0.1, 0.15) is 10.8 Å². The average Bonchev–Trinajstić information content (AvgIpc) is 2.86. The molecule has 2 aromatic rings. The van der Waals surface area contributed by atoms with E-state index in [0.717, 1.165) is 18.2 Å². The zero-order valence-electron chi connectivity index (χ0n) is 19.8. The number of rotatable bonds is 11. The average molecular weight is 704 g/mol. The van der Waals surface area contributed by atoms with Crippen molar-refractivity contribution in [3.05, 3.63) is 52.6 Å². The lowest BCUT2D eigenvalue weighted by molar-refractivity contribution is -0.388. The second kappa shape index (κ2) is 12.3. The van der Waals surface area contributed by atoms with Crippen molar-refractivity contribution in [3.8, 4) is 0 Å². The number of halogens is 14. The van der Waals surface area contributed by atoms with E-state index < -0.39 is 99.9 Å². The van der Waals surface area contributed by atoms with Crippen molar-refractivity contribution in [2.75, 3.05) is 11.1 Å². The van der Waals surface area contributed by atoms with Crippen molar-refractivity contribution >= 4 is 51.6 Å². The number of amides is 1. The lowest BCUT2D eigenvalue weighted by Gasteiger charge is -2.28. The van der Waals surface area contributed by atoms with Crippen LogP contribution in [0.2, 0.25) is 0 Å². The molecule has 1 unspecified atom stereocenters. The fraction of sp³-hybridized carbons (Fsp3) is 0.350. The number of hydrogen-bond donors (Lipinski definition) is 1. The summed E-state index contributed by atoms with van der Waals surface area (Å²) < 4.78 is 194. The molecule has 43 heavy (non-hydrogen) atoms. The number of nitrogens with one attached hydrogen (secondary N) is 1. The fourth-order valence-corrected chi connectivity index (χ4v) is 5.42. The molecule has 0 heterocycles. The number of hydrogen-bond acceptors (Lipinski definition) is 6. The van der Waals surface area contributed by atoms with Crippen LogP contribution in [0.25, 0.3) is 0 Å². The molecule has 0 saturated heterocycles. The molecular formula is C20H10F14N2O4S3. The summed E-state index contributed by atoms with van der Waals surface area (Å²) in [6, 6.07) is 4.16. The van der Waals surface area contributed by atoms with Crippen LogP contribution in [0.3, 0.4) is 0 Å². The van der Waals surface area contributed by atoms with E-state index in [4.69, 9.17) is 0 Å². The van der Waals surface area contributed by atoms with E-state index in [2.05, 4.69) is 0 Å². The highest BCUT2D eigenvalue weighted by Crippen LogP contribution is 2.55. The molecule has 6 nitrogen and oxygen atoms in total. The van der Waals surface area contributed by atoms with Gasteiger partial charge in [0.15, 0.2) is 0 Å². The number of carbonyl (C=O) groups excluding carboxylic acids is 1. The molecule has 2 rings (SSSR count). The summed E-state index contributed by atoms with van der Waals surface area (Å²) >= 11 is -1.07. The zero-order chi connectivity index (χ0) is 33.4. The lowest BCUT2D eigenvalue weighted by atomic mass is 10.3.